The molecule has 1 aliphatic carbocycles. The van der Waals surface area contributed by atoms with E-state index in [9.17, 15) is 4.79 Å². The lowest BCUT2D eigenvalue weighted by Crippen LogP contribution is -2.43. The Kier molecular flexibility index (Phi) is 1.20. The maximum atomic E-state index is 10.4. The number of carbonyl (C=O) groups is 1. The first-order valence-corrected chi connectivity index (χ1v) is 3.63. The number of rotatable bonds is 1. The molecule has 1 saturated carbocycles. The number of fused-ring (bicyclic) bond motifs is 1. The Balaban J connectivity index is 2.00. The highest BCUT2D eigenvalue weighted by molar-refractivity contribution is 5.72. The monoisotopic (exact) mass is 142 g/mol. The van der Waals surface area contributed by atoms with Gasteiger partial charge < -0.3 is 9.84 Å². The quantitative estimate of drug-likeness (QED) is 0.579. The summed E-state index contributed by atoms with van der Waals surface area (Å²) in [5.41, 5.74) is 0. The Labute approximate surface area is 59.0 Å². The summed E-state index contributed by atoms with van der Waals surface area (Å²) in [5.74, 6) is -0.336. The van der Waals surface area contributed by atoms with Crippen LogP contribution in [0, 0.1) is 11.8 Å². The topological polar surface area (TPSA) is 46.5 Å². The summed E-state index contributed by atoms with van der Waals surface area (Å²) < 4.78 is 5.24. The minimum atomic E-state index is -0.692. The third-order valence-corrected chi connectivity index (χ3v) is 2.53. The average molecular weight is 142 g/mol. The van der Waals surface area contributed by atoms with Crippen molar-refractivity contribution in [3.05, 3.63) is 0 Å². The van der Waals surface area contributed by atoms with E-state index < -0.39 is 5.97 Å². The normalized spacial score (nSPS) is 44.2. The summed E-state index contributed by atoms with van der Waals surface area (Å²) in [5, 5.41) is 8.60. The third-order valence-electron chi connectivity index (χ3n) is 2.53. The van der Waals surface area contributed by atoms with Gasteiger partial charge in [-0.3, -0.25) is 4.79 Å². The Morgan fingerprint density at radius 3 is 3.00 bits per heavy atom. The molecule has 0 spiro atoms. The summed E-state index contributed by atoms with van der Waals surface area (Å²) >= 11 is 0. The van der Waals surface area contributed by atoms with Crippen molar-refractivity contribution in [2.24, 2.45) is 11.8 Å². The summed E-state index contributed by atoms with van der Waals surface area (Å²) in [6.45, 7) is 0.763. The minimum absolute atomic E-state index is 0.0532. The van der Waals surface area contributed by atoms with E-state index >= 15 is 0 Å². The molecule has 1 saturated heterocycles. The highest BCUT2D eigenvalue weighted by Crippen LogP contribution is 2.43. The van der Waals surface area contributed by atoms with Crippen molar-refractivity contribution >= 4 is 5.97 Å². The van der Waals surface area contributed by atoms with Gasteiger partial charge in [-0.1, -0.05) is 0 Å². The van der Waals surface area contributed by atoms with Crippen LogP contribution < -0.4 is 0 Å². The maximum Gasteiger partial charge on any atom is 0.309 e. The zero-order valence-electron chi connectivity index (χ0n) is 5.62. The van der Waals surface area contributed by atoms with Crippen LogP contribution in [0.1, 0.15) is 12.8 Å². The molecule has 0 aromatic carbocycles. The molecule has 0 aromatic rings. The standard InChI is InChI=1S/C7H10O3/c8-7(9)5-3-4-1-2-10-6(4)5/h4-6H,1-3H2,(H,8,9)/t4-,5-,6-/m1/s1. The van der Waals surface area contributed by atoms with Gasteiger partial charge in [-0.15, -0.1) is 0 Å². The molecular weight excluding hydrogens is 132 g/mol. The van der Waals surface area contributed by atoms with Gasteiger partial charge in [-0.2, -0.15) is 0 Å². The second-order valence-corrected chi connectivity index (χ2v) is 3.06. The van der Waals surface area contributed by atoms with Gasteiger partial charge in [0, 0.05) is 6.61 Å². The molecule has 0 radical (unpaired) electrons. The molecule has 0 amide bonds. The van der Waals surface area contributed by atoms with Crippen LogP contribution in [0.3, 0.4) is 0 Å². The van der Waals surface area contributed by atoms with Crippen molar-refractivity contribution < 1.29 is 14.6 Å². The second kappa shape index (κ2) is 1.95. The van der Waals surface area contributed by atoms with Crippen LogP contribution in [0.5, 0.6) is 0 Å². The van der Waals surface area contributed by atoms with E-state index in [1.807, 2.05) is 0 Å². The van der Waals surface area contributed by atoms with Crippen molar-refractivity contribution in [2.45, 2.75) is 18.9 Å². The van der Waals surface area contributed by atoms with Gasteiger partial charge in [0.2, 0.25) is 0 Å². The van der Waals surface area contributed by atoms with E-state index in [0.717, 1.165) is 19.4 Å². The SMILES string of the molecule is O=C(O)[C@@H]1C[C@H]2CCO[C@H]21. The molecular formula is C7H10O3. The molecule has 0 unspecified atom stereocenters. The Hall–Kier alpha value is -0.570. The number of carboxylic acid groups (broad SMARTS) is 1. The maximum absolute atomic E-state index is 10.4. The Bertz CT molecular complexity index is 166. The molecule has 1 aliphatic heterocycles. The average Bonchev–Trinajstić information content (AvgIpc) is 2.11. The smallest absolute Gasteiger partial charge is 0.309 e. The van der Waals surface area contributed by atoms with Gasteiger partial charge in [0.05, 0.1) is 12.0 Å². The number of hydrogen-bond donors (Lipinski definition) is 1. The van der Waals surface area contributed by atoms with Gasteiger partial charge in [-0.25, -0.2) is 0 Å². The van der Waals surface area contributed by atoms with Crippen molar-refractivity contribution in [3.8, 4) is 0 Å². The number of ether oxygens (including phenoxy) is 1. The lowest BCUT2D eigenvalue weighted by Gasteiger charge is -2.35. The van der Waals surface area contributed by atoms with E-state index in [-0.39, 0.29) is 12.0 Å². The summed E-state index contributed by atoms with van der Waals surface area (Å²) in [7, 11) is 0. The van der Waals surface area contributed by atoms with E-state index in [2.05, 4.69) is 0 Å². The van der Waals surface area contributed by atoms with E-state index in [0.29, 0.717) is 5.92 Å². The summed E-state index contributed by atoms with van der Waals surface area (Å²) in [4.78, 5) is 10.4. The summed E-state index contributed by atoms with van der Waals surface area (Å²) in [6, 6.07) is 0. The molecule has 1 heterocycles. The van der Waals surface area contributed by atoms with Crippen molar-refractivity contribution in [2.75, 3.05) is 6.61 Å². The fourth-order valence-corrected chi connectivity index (χ4v) is 1.86. The Morgan fingerprint density at radius 1 is 1.60 bits per heavy atom. The first kappa shape index (κ1) is 6.16. The fraction of sp³-hybridized carbons (Fsp3) is 0.857. The Morgan fingerprint density at radius 2 is 2.40 bits per heavy atom. The number of hydrogen-bond acceptors (Lipinski definition) is 2. The lowest BCUT2D eigenvalue weighted by atomic mass is 9.72. The highest BCUT2D eigenvalue weighted by Gasteiger charge is 2.48. The van der Waals surface area contributed by atoms with Crippen LogP contribution in [0.4, 0.5) is 0 Å². The molecule has 10 heavy (non-hydrogen) atoms. The predicted molar refractivity (Wildman–Crippen MR) is 33.6 cm³/mol. The van der Waals surface area contributed by atoms with Crippen LogP contribution in [0.15, 0.2) is 0 Å². The first-order chi connectivity index (χ1) is 4.79. The molecule has 56 valence electrons. The van der Waals surface area contributed by atoms with Crippen molar-refractivity contribution in [1.82, 2.24) is 0 Å². The van der Waals surface area contributed by atoms with Crippen molar-refractivity contribution in [1.29, 1.82) is 0 Å². The van der Waals surface area contributed by atoms with E-state index in [1.165, 1.54) is 0 Å². The van der Waals surface area contributed by atoms with E-state index in [4.69, 9.17) is 9.84 Å². The van der Waals surface area contributed by atoms with Gasteiger partial charge in [-0.05, 0) is 18.8 Å². The largest absolute Gasteiger partial charge is 0.481 e. The molecule has 2 fully saturated rings. The molecule has 3 atom stereocenters. The zero-order chi connectivity index (χ0) is 7.14. The molecule has 3 heteroatoms. The van der Waals surface area contributed by atoms with Gasteiger partial charge in [0.1, 0.15) is 0 Å². The fourth-order valence-electron chi connectivity index (χ4n) is 1.86. The molecule has 2 rings (SSSR count). The van der Waals surface area contributed by atoms with Gasteiger partial charge >= 0.3 is 5.97 Å². The molecule has 1 N–H and O–H groups in total. The zero-order valence-corrected chi connectivity index (χ0v) is 5.62. The highest BCUT2D eigenvalue weighted by atomic mass is 16.5. The van der Waals surface area contributed by atoms with Crippen LogP contribution in [-0.2, 0) is 9.53 Å². The summed E-state index contributed by atoms with van der Waals surface area (Å²) in [6.07, 6.45) is 1.95. The van der Waals surface area contributed by atoms with Crippen molar-refractivity contribution in [3.63, 3.8) is 0 Å². The molecule has 0 bridgehead atoms. The molecule has 2 aliphatic rings. The third kappa shape index (κ3) is 0.669. The molecule has 3 nitrogen and oxygen atoms in total. The second-order valence-electron chi connectivity index (χ2n) is 3.06. The van der Waals surface area contributed by atoms with Crippen LogP contribution in [0.25, 0.3) is 0 Å². The minimum Gasteiger partial charge on any atom is -0.481 e. The number of carboxylic acids is 1. The molecule has 0 aromatic heterocycles. The van der Waals surface area contributed by atoms with Gasteiger partial charge in [0.15, 0.2) is 0 Å². The first-order valence-electron chi connectivity index (χ1n) is 3.63. The van der Waals surface area contributed by atoms with Gasteiger partial charge in [0.25, 0.3) is 0 Å². The van der Waals surface area contributed by atoms with E-state index in [1.54, 1.807) is 0 Å². The van der Waals surface area contributed by atoms with Crippen LogP contribution >= 0.6 is 0 Å². The number of aliphatic carboxylic acids is 1. The lowest BCUT2D eigenvalue weighted by molar-refractivity contribution is -0.155. The van der Waals surface area contributed by atoms with Crippen LogP contribution in [0.2, 0.25) is 0 Å². The predicted octanol–water partition coefficient (Wildman–Crippen LogP) is 0.496. The van der Waals surface area contributed by atoms with Crippen LogP contribution in [-0.4, -0.2) is 23.8 Å².